The lowest BCUT2D eigenvalue weighted by molar-refractivity contribution is -0.141. The normalized spacial score (nSPS) is 14.9. The maximum absolute atomic E-state index is 12.8. The van der Waals surface area contributed by atoms with Crippen molar-refractivity contribution in [2.24, 2.45) is 0 Å². The van der Waals surface area contributed by atoms with Crippen molar-refractivity contribution in [2.75, 3.05) is 23.3 Å². The van der Waals surface area contributed by atoms with Gasteiger partial charge in [-0.1, -0.05) is 11.3 Å². The van der Waals surface area contributed by atoms with Crippen LogP contribution in [0.5, 0.6) is 0 Å². The number of halogens is 3. The number of aromatic carboxylic acids is 1. The number of carboxylic acids is 1. The Kier molecular flexibility index (Phi) is 4.35. The van der Waals surface area contributed by atoms with E-state index in [1.807, 2.05) is 12.1 Å². The van der Waals surface area contributed by atoms with Crippen molar-refractivity contribution in [1.29, 1.82) is 0 Å². The number of hydrogen-bond donors (Lipinski definition) is 2. The van der Waals surface area contributed by atoms with Crippen LogP contribution < -0.4 is 10.2 Å². The summed E-state index contributed by atoms with van der Waals surface area (Å²) < 4.78 is 38.5. The molecule has 1 aliphatic rings. The third-order valence-corrected chi connectivity index (χ3v) is 4.64. The molecule has 24 heavy (non-hydrogen) atoms. The molecule has 9 heteroatoms. The molecular weight excluding hydrogens is 343 g/mol. The Hall–Kier alpha value is -2.29. The van der Waals surface area contributed by atoms with E-state index in [1.54, 1.807) is 12.1 Å². The molecular formula is C15H14F3N3O2S. The highest BCUT2D eigenvalue weighted by molar-refractivity contribution is 7.17. The largest absolute Gasteiger partial charge is 0.477 e. The first kappa shape index (κ1) is 16.6. The Labute approximate surface area is 139 Å². The van der Waals surface area contributed by atoms with Crippen molar-refractivity contribution >= 4 is 33.8 Å². The first-order valence-corrected chi connectivity index (χ1v) is 8.09. The summed E-state index contributed by atoms with van der Waals surface area (Å²) in [5.41, 5.74) is 0.230. The van der Waals surface area contributed by atoms with E-state index in [2.05, 4.69) is 15.2 Å². The molecule has 5 nitrogen and oxygen atoms in total. The number of alkyl halides is 3. The molecule has 0 spiro atoms. The minimum atomic E-state index is -4.80. The Morgan fingerprint density at radius 1 is 1.21 bits per heavy atom. The fourth-order valence-corrected chi connectivity index (χ4v) is 3.41. The summed E-state index contributed by atoms with van der Waals surface area (Å²) in [6, 6.07) is 7.24. The van der Waals surface area contributed by atoms with Crippen molar-refractivity contribution in [3.8, 4) is 0 Å². The quantitative estimate of drug-likeness (QED) is 0.858. The Bertz CT molecular complexity index is 737. The maximum atomic E-state index is 12.8. The summed E-state index contributed by atoms with van der Waals surface area (Å²) in [6.07, 6.45) is -2.50. The van der Waals surface area contributed by atoms with Gasteiger partial charge >= 0.3 is 12.1 Å². The second-order valence-corrected chi connectivity index (χ2v) is 6.36. The van der Waals surface area contributed by atoms with Gasteiger partial charge in [-0.05, 0) is 37.1 Å². The lowest BCUT2D eigenvalue weighted by Gasteiger charge is -2.17. The van der Waals surface area contributed by atoms with Crippen LogP contribution in [0.15, 0.2) is 24.3 Å². The second-order valence-electron chi connectivity index (χ2n) is 5.37. The van der Waals surface area contributed by atoms with E-state index in [9.17, 15) is 18.0 Å². The number of nitrogens with zero attached hydrogens (tertiary/aromatic N) is 2. The molecule has 1 aromatic heterocycles. The van der Waals surface area contributed by atoms with Crippen LogP contribution in [0.3, 0.4) is 0 Å². The number of anilines is 3. The summed E-state index contributed by atoms with van der Waals surface area (Å²) in [5, 5.41) is 11.5. The van der Waals surface area contributed by atoms with Crippen LogP contribution in [-0.4, -0.2) is 29.1 Å². The maximum Gasteiger partial charge on any atom is 0.435 e. The number of benzene rings is 1. The van der Waals surface area contributed by atoms with Crippen molar-refractivity contribution < 1.29 is 23.1 Å². The van der Waals surface area contributed by atoms with Gasteiger partial charge in [0.1, 0.15) is 4.88 Å². The van der Waals surface area contributed by atoms with Gasteiger partial charge in [0.05, 0.1) is 0 Å². The van der Waals surface area contributed by atoms with E-state index in [0.29, 0.717) is 17.0 Å². The monoisotopic (exact) mass is 357 g/mol. The van der Waals surface area contributed by atoms with Crippen molar-refractivity contribution in [3.63, 3.8) is 0 Å². The predicted octanol–water partition coefficient (Wildman–Crippen LogP) is 4.20. The van der Waals surface area contributed by atoms with E-state index in [-0.39, 0.29) is 5.13 Å². The summed E-state index contributed by atoms with van der Waals surface area (Å²) in [7, 11) is 0. The highest BCUT2D eigenvalue weighted by atomic mass is 32.1. The molecule has 2 N–H and O–H groups in total. The third-order valence-electron chi connectivity index (χ3n) is 3.68. The fraction of sp³-hybridized carbons (Fsp3) is 0.333. The van der Waals surface area contributed by atoms with Crippen LogP contribution in [0.25, 0.3) is 0 Å². The van der Waals surface area contributed by atoms with Crippen LogP contribution in [-0.2, 0) is 6.18 Å². The van der Waals surface area contributed by atoms with Gasteiger partial charge in [-0.3, -0.25) is 0 Å². The Morgan fingerprint density at radius 2 is 1.83 bits per heavy atom. The summed E-state index contributed by atoms with van der Waals surface area (Å²) in [4.78, 5) is 15.8. The molecule has 0 atom stereocenters. The van der Waals surface area contributed by atoms with Crippen LogP contribution in [0.4, 0.5) is 29.7 Å². The fourth-order valence-electron chi connectivity index (χ4n) is 2.57. The molecule has 3 rings (SSSR count). The number of aromatic nitrogens is 1. The zero-order chi connectivity index (χ0) is 17.3. The van der Waals surface area contributed by atoms with E-state index >= 15 is 0 Å². The molecule has 0 bridgehead atoms. The summed E-state index contributed by atoms with van der Waals surface area (Å²) >= 11 is 0.467. The number of carbonyl (C=O) groups is 1. The minimum Gasteiger partial charge on any atom is -0.477 e. The number of hydrogen-bond acceptors (Lipinski definition) is 5. The van der Waals surface area contributed by atoms with Crippen LogP contribution >= 0.6 is 11.3 Å². The first-order valence-electron chi connectivity index (χ1n) is 7.28. The minimum absolute atomic E-state index is 0.103. The Morgan fingerprint density at radius 3 is 2.33 bits per heavy atom. The third kappa shape index (κ3) is 3.45. The zero-order valence-electron chi connectivity index (χ0n) is 12.4. The van der Waals surface area contributed by atoms with Gasteiger partial charge in [-0.2, -0.15) is 13.2 Å². The average molecular weight is 357 g/mol. The SMILES string of the molecule is O=C(O)c1sc(Nc2ccc(N3CCCC3)cc2)nc1C(F)(F)F. The number of nitrogens with one attached hydrogen (secondary N) is 1. The molecule has 0 aliphatic carbocycles. The molecule has 1 fully saturated rings. The van der Waals surface area contributed by atoms with Crippen molar-refractivity contribution in [1.82, 2.24) is 4.98 Å². The smallest absolute Gasteiger partial charge is 0.435 e. The summed E-state index contributed by atoms with van der Waals surface area (Å²) in [6.45, 7) is 1.99. The molecule has 0 unspecified atom stereocenters. The predicted molar refractivity (Wildman–Crippen MR) is 85.2 cm³/mol. The van der Waals surface area contributed by atoms with Gasteiger partial charge in [-0.15, -0.1) is 0 Å². The number of thiazole rings is 1. The van der Waals surface area contributed by atoms with E-state index in [1.165, 1.54) is 0 Å². The molecule has 0 radical (unpaired) electrons. The first-order chi connectivity index (χ1) is 11.3. The standard InChI is InChI=1S/C15H14F3N3O2S/c16-15(17,18)12-11(13(22)23)24-14(20-12)19-9-3-5-10(6-4-9)21-7-1-2-8-21/h3-6H,1-2,7-8H2,(H,19,20)(H,22,23). The van der Waals surface area contributed by atoms with Gasteiger partial charge in [0.2, 0.25) is 0 Å². The summed E-state index contributed by atoms with van der Waals surface area (Å²) in [5.74, 6) is -1.64. The van der Waals surface area contributed by atoms with Crippen LogP contribution in [0.1, 0.15) is 28.2 Å². The molecule has 2 aromatic rings. The highest BCUT2D eigenvalue weighted by Crippen LogP contribution is 2.37. The molecule has 0 amide bonds. The van der Waals surface area contributed by atoms with Crippen molar-refractivity contribution in [2.45, 2.75) is 19.0 Å². The van der Waals surface area contributed by atoms with Gasteiger partial charge in [0.15, 0.2) is 10.8 Å². The molecule has 1 aliphatic heterocycles. The van der Waals surface area contributed by atoms with E-state index in [0.717, 1.165) is 31.6 Å². The van der Waals surface area contributed by atoms with Gasteiger partial charge in [0.25, 0.3) is 0 Å². The highest BCUT2D eigenvalue weighted by Gasteiger charge is 2.39. The molecule has 0 saturated carbocycles. The zero-order valence-corrected chi connectivity index (χ0v) is 13.2. The van der Waals surface area contributed by atoms with Gasteiger partial charge in [-0.25, -0.2) is 9.78 Å². The van der Waals surface area contributed by atoms with Crippen LogP contribution in [0, 0.1) is 0 Å². The Balaban J connectivity index is 1.79. The number of rotatable bonds is 4. The van der Waals surface area contributed by atoms with E-state index in [4.69, 9.17) is 5.11 Å². The van der Waals surface area contributed by atoms with E-state index < -0.39 is 22.7 Å². The second kappa shape index (κ2) is 6.31. The topological polar surface area (TPSA) is 65.5 Å². The number of carboxylic acid groups (broad SMARTS) is 1. The lowest BCUT2D eigenvalue weighted by atomic mass is 10.2. The van der Waals surface area contributed by atoms with Gasteiger partial charge in [0, 0.05) is 24.5 Å². The van der Waals surface area contributed by atoms with Gasteiger partial charge < -0.3 is 15.3 Å². The molecule has 2 heterocycles. The lowest BCUT2D eigenvalue weighted by Crippen LogP contribution is -2.17. The molecule has 128 valence electrons. The van der Waals surface area contributed by atoms with Crippen LogP contribution in [0.2, 0.25) is 0 Å². The molecule has 1 saturated heterocycles. The average Bonchev–Trinajstić information content (AvgIpc) is 3.16. The van der Waals surface area contributed by atoms with Crippen molar-refractivity contribution in [3.05, 3.63) is 34.8 Å². The molecule has 1 aromatic carbocycles.